The predicted molar refractivity (Wildman–Crippen MR) is 92.6 cm³/mol. The van der Waals surface area contributed by atoms with Crippen LogP contribution in [0.25, 0.3) is 0 Å². The summed E-state index contributed by atoms with van der Waals surface area (Å²) in [5.74, 6) is -2.14. The van der Waals surface area contributed by atoms with Gasteiger partial charge in [-0.2, -0.15) is 0 Å². The molecule has 3 rings (SSSR count). The maximum absolute atomic E-state index is 12.3. The molecule has 1 fully saturated rings. The van der Waals surface area contributed by atoms with Gasteiger partial charge in [0.1, 0.15) is 0 Å². The summed E-state index contributed by atoms with van der Waals surface area (Å²) in [4.78, 5) is 49.1. The van der Waals surface area contributed by atoms with Crippen molar-refractivity contribution in [2.75, 3.05) is 18.1 Å². The van der Waals surface area contributed by atoms with Crippen LogP contribution >= 0.6 is 0 Å². The van der Waals surface area contributed by atoms with E-state index in [1.165, 1.54) is 29.4 Å². The summed E-state index contributed by atoms with van der Waals surface area (Å²) >= 11 is 0. The van der Waals surface area contributed by atoms with Gasteiger partial charge in [-0.25, -0.2) is 4.79 Å². The van der Waals surface area contributed by atoms with Crippen LogP contribution in [0, 0.1) is 0 Å². The standard InChI is InChI=1S/C18H17N3O6/c22-15(19-20-17(24)14-7-4-10-26-14)11-27-18(25)12-5-1-2-6-13(12)21-9-3-8-16(21)23/h1-2,4-7,10H,3,8-9,11H2,(H,19,22)(H,20,24). The number of nitrogens with one attached hydrogen (secondary N) is 2. The number of ether oxygens (including phenoxy) is 1. The fourth-order valence-electron chi connectivity index (χ4n) is 2.63. The normalized spacial score (nSPS) is 13.3. The third-order valence-corrected chi connectivity index (χ3v) is 3.88. The molecule has 1 aliphatic heterocycles. The van der Waals surface area contributed by atoms with Crippen molar-refractivity contribution in [2.45, 2.75) is 12.8 Å². The van der Waals surface area contributed by atoms with Crippen molar-refractivity contribution in [3.05, 3.63) is 54.0 Å². The molecular weight excluding hydrogens is 354 g/mol. The Bertz CT molecular complexity index is 862. The first-order valence-corrected chi connectivity index (χ1v) is 8.25. The number of amides is 3. The topological polar surface area (TPSA) is 118 Å². The van der Waals surface area contributed by atoms with Gasteiger partial charge >= 0.3 is 11.9 Å². The number of esters is 1. The molecular formula is C18H17N3O6. The van der Waals surface area contributed by atoms with Gasteiger partial charge in [-0.05, 0) is 30.7 Å². The van der Waals surface area contributed by atoms with Gasteiger partial charge in [-0.1, -0.05) is 12.1 Å². The summed E-state index contributed by atoms with van der Waals surface area (Å²) in [6.45, 7) is -0.0675. The molecule has 0 atom stereocenters. The fraction of sp³-hybridized carbons (Fsp3) is 0.222. The number of carbonyl (C=O) groups excluding carboxylic acids is 4. The lowest BCUT2D eigenvalue weighted by Gasteiger charge is -2.18. The van der Waals surface area contributed by atoms with Crippen molar-refractivity contribution in [1.29, 1.82) is 0 Å². The minimum Gasteiger partial charge on any atom is -0.459 e. The van der Waals surface area contributed by atoms with Gasteiger partial charge in [-0.3, -0.25) is 25.2 Å². The van der Waals surface area contributed by atoms with Gasteiger partial charge in [0.2, 0.25) is 5.91 Å². The first kappa shape index (κ1) is 18.2. The van der Waals surface area contributed by atoms with Crippen molar-refractivity contribution in [3.63, 3.8) is 0 Å². The quantitative estimate of drug-likeness (QED) is 0.599. The van der Waals surface area contributed by atoms with E-state index in [0.29, 0.717) is 18.7 Å². The van der Waals surface area contributed by atoms with Crippen LogP contribution in [0.2, 0.25) is 0 Å². The van der Waals surface area contributed by atoms with E-state index in [4.69, 9.17) is 9.15 Å². The van der Waals surface area contributed by atoms with Crippen molar-refractivity contribution < 1.29 is 28.3 Å². The second-order valence-corrected chi connectivity index (χ2v) is 5.72. The first-order chi connectivity index (χ1) is 13.1. The van der Waals surface area contributed by atoms with Gasteiger partial charge in [0, 0.05) is 13.0 Å². The Morgan fingerprint density at radius 1 is 1.11 bits per heavy atom. The second-order valence-electron chi connectivity index (χ2n) is 5.72. The van der Waals surface area contributed by atoms with Crippen LogP contribution in [-0.2, 0) is 14.3 Å². The third-order valence-electron chi connectivity index (χ3n) is 3.88. The Morgan fingerprint density at radius 3 is 2.63 bits per heavy atom. The lowest BCUT2D eigenvalue weighted by atomic mass is 10.1. The number of para-hydroxylation sites is 1. The maximum Gasteiger partial charge on any atom is 0.340 e. The molecule has 3 amide bonds. The van der Waals surface area contributed by atoms with Crippen LogP contribution in [0.3, 0.4) is 0 Å². The number of carbonyl (C=O) groups is 4. The molecule has 9 nitrogen and oxygen atoms in total. The third kappa shape index (κ3) is 4.32. The predicted octanol–water partition coefficient (Wildman–Crippen LogP) is 1.02. The molecule has 1 aromatic heterocycles. The van der Waals surface area contributed by atoms with Crippen LogP contribution in [0.4, 0.5) is 5.69 Å². The highest BCUT2D eigenvalue weighted by Gasteiger charge is 2.26. The Hall–Kier alpha value is -3.62. The zero-order valence-electron chi connectivity index (χ0n) is 14.3. The number of rotatable bonds is 5. The van der Waals surface area contributed by atoms with Gasteiger partial charge in [0.15, 0.2) is 12.4 Å². The number of hydrogen-bond acceptors (Lipinski definition) is 6. The number of hydrogen-bond donors (Lipinski definition) is 2. The van der Waals surface area contributed by atoms with Crippen molar-refractivity contribution in [2.24, 2.45) is 0 Å². The molecule has 1 saturated heterocycles. The monoisotopic (exact) mass is 371 g/mol. The highest BCUT2D eigenvalue weighted by molar-refractivity contribution is 6.04. The molecule has 27 heavy (non-hydrogen) atoms. The zero-order valence-corrected chi connectivity index (χ0v) is 14.3. The average molecular weight is 371 g/mol. The van der Waals surface area contributed by atoms with Gasteiger partial charge in [0.25, 0.3) is 5.91 Å². The summed E-state index contributed by atoms with van der Waals surface area (Å²) in [5, 5.41) is 0. The van der Waals surface area contributed by atoms with Crippen molar-refractivity contribution in [3.8, 4) is 0 Å². The molecule has 0 spiro atoms. The molecule has 0 radical (unpaired) electrons. The van der Waals surface area contributed by atoms with Crippen LogP contribution in [0.15, 0.2) is 47.1 Å². The van der Waals surface area contributed by atoms with Gasteiger partial charge < -0.3 is 14.1 Å². The molecule has 1 aliphatic rings. The van der Waals surface area contributed by atoms with E-state index >= 15 is 0 Å². The number of hydrazine groups is 1. The Labute approximate surface area is 154 Å². The van der Waals surface area contributed by atoms with Crippen LogP contribution in [-0.4, -0.2) is 36.8 Å². The van der Waals surface area contributed by atoms with E-state index in [0.717, 1.165) is 6.42 Å². The molecule has 0 aliphatic carbocycles. The molecule has 2 N–H and O–H groups in total. The molecule has 1 aromatic carbocycles. The van der Waals surface area contributed by atoms with Gasteiger partial charge in [-0.15, -0.1) is 0 Å². The van der Waals surface area contributed by atoms with E-state index in [2.05, 4.69) is 10.9 Å². The Kier molecular flexibility index (Phi) is 5.50. The fourth-order valence-corrected chi connectivity index (χ4v) is 2.63. The number of furan rings is 1. The molecule has 2 aromatic rings. The average Bonchev–Trinajstić information content (AvgIpc) is 3.36. The smallest absolute Gasteiger partial charge is 0.340 e. The van der Waals surface area contributed by atoms with E-state index in [-0.39, 0.29) is 17.2 Å². The zero-order chi connectivity index (χ0) is 19.2. The van der Waals surface area contributed by atoms with E-state index in [1.807, 2.05) is 0 Å². The van der Waals surface area contributed by atoms with E-state index < -0.39 is 24.4 Å². The SMILES string of the molecule is O=C(COC(=O)c1ccccc1N1CCCC1=O)NNC(=O)c1ccco1. The summed E-state index contributed by atoms with van der Waals surface area (Å²) in [6, 6.07) is 9.50. The molecule has 9 heteroatoms. The van der Waals surface area contributed by atoms with Crippen LogP contribution in [0.5, 0.6) is 0 Å². The van der Waals surface area contributed by atoms with Gasteiger partial charge in [0.05, 0.1) is 17.5 Å². The van der Waals surface area contributed by atoms with E-state index in [9.17, 15) is 19.2 Å². The number of nitrogens with zero attached hydrogens (tertiary/aromatic N) is 1. The molecule has 140 valence electrons. The summed E-state index contributed by atoms with van der Waals surface area (Å²) < 4.78 is 9.86. The maximum atomic E-state index is 12.3. The molecule has 2 heterocycles. The summed E-state index contributed by atoms with van der Waals surface area (Å²) in [5.41, 5.74) is 4.90. The van der Waals surface area contributed by atoms with Crippen molar-refractivity contribution >= 4 is 29.4 Å². The Balaban J connectivity index is 1.54. The Morgan fingerprint density at radius 2 is 1.93 bits per heavy atom. The lowest BCUT2D eigenvalue weighted by molar-refractivity contribution is -0.125. The minimum atomic E-state index is -0.738. The van der Waals surface area contributed by atoms with Crippen molar-refractivity contribution in [1.82, 2.24) is 10.9 Å². The summed E-state index contributed by atoms with van der Waals surface area (Å²) in [6.07, 6.45) is 2.47. The number of benzene rings is 1. The largest absolute Gasteiger partial charge is 0.459 e. The lowest BCUT2D eigenvalue weighted by Crippen LogP contribution is -2.43. The summed E-state index contributed by atoms with van der Waals surface area (Å²) in [7, 11) is 0. The minimum absolute atomic E-state index is 0.0245. The highest BCUT2D eigenvalue weighted by atomic mass is 16.5. The number of anilines is 1. The second kappa shape index (κ2) is 8.17. The highest BCUT2D eigenvalue weighted by Crippen LogP contribution is 2.25. The first-order valence-electron chi connectivity index (χ1n) is 8.25. The van der Waals surface area contributed by atoms with E-state index in [1.54, 1.807) is 18.2 Å². The van der Waals surface area contributed by atoms with Crippen LogP contribution in [0.1, 0.15) is 33.8 Å². The molecule has 0 saturated carbocycles. The molecule has 0 unspecified atom stereocenters. The molecule has 0 bridgehead atoms. The van der Waals surface area contributed by atoms with Crippen LogP contribution < -0.4 is 15.8 Å².